The quantitative estimate of drug-likeness (QED) is 0.178. The van der Waals surface area contributed by atoms with Gasteiger partial charge in [0, 0.05) is 0 Å². The average molecular weight is 459 g/mol. The van der Waals surface area contributed by atoms with Crippen molar-refractivity contribution in [3.8, 4) is 0 Å². The van der Waals surface area contributed by atoms with Crippen molar-refractivity contribution in [1.82, 2.24) is 0 Å². The van der Waals surface area contributed by atoms with E-state index in [2.05, 4.69) is 61.1 Å². The minimum atomic E-state index is -2.11. The van der Waals surface area contributed by atoms with Crippen LogP contribution in [0.25, 0.3) is 0 Å². The van der Waals surface area contributed by atoms with E-state index in [1.54, 1.807) is 13.3 Å². The van der Waals surface area contributed by atoms with Crippen molar-refractivity contribution < 1.29 is 4.74 Å². The summed E-state index contributed by atoms with van der Waals surface area (Å²) in [7, 11) is 0. The molecule has 25 heavy (non-hydrogen) atoms. The van der Waals surface area contributed by atoms with E-state index in [1.165, 1.54) is 43.0 Å². The molecule has 150 valence electrons. The van der Waals surface area contributed by atoms with Gasteiger partial charge in [0.05, 0.1) is 0 Å². The molecule has 0 unspecified atom stereocenters. The molecule has 1 nitrogen and oxygen atoms in total. The van der Waals surface area contributed by atoms with Gasteiger partial charge < -0.3 is 0 Å². The predicted molar refractivity (Wildman–Crippen MR) is 118 cm³/mol. The van der Waals surface area contributed by atoms with E-state index in [9.17, 15) is 0 Å². The second-order valence-corrected chi connectivity index (χ2v) is 23.3. The van der Waals surface area contributed by atoms with Gasteiger partial charge in [-0.25, -0.2) is 0 Å². The van der Waals surface area contributed by atoms with E-state index >= 15 is 0 Å². The number of ether oxygens (including phenoxy) is 1. The van der Waals surface area contributed by atoms with Crippen LogP contribution in [-0.4, -0.2) is 30.6 Å². The van der Waals surface area contributed by atoms with Crippen LogP contribution in [0.1, 0.15) is 87.0 Å². The van der Waals surface area contributed by atoms with Crippen LogP contribution in [0.15, 0.2) is 12.7 Å². The zero-order valence-corrected chi connectivity index (χ0v) is 21.5. The van der Waals surface area contributed by atoms with E-state index < -0.39 is 18.4 Å². The standard InChI is InChI=1S/C11H21O.3C4H9.Sn/c1-7-9(2)10(3)8-12-11(4,5)6;3*1-3-4-2;/h7,9-10H,1,3,8H2,2,4-6H3;3*1,3-4H2,2H3;/t9-,10+;;;;/m1..../s1. The molecule has 0 radical (unpaired) electrons. The molecule has 0 saturated heterocycles. The minimum absolute atomic E-state index is 0.0342. The topological polar surface area (TPSA) is 9.23 Å². The van der Waals surface area contributed by atoms with Crippen LogP contribution in [0.4, 0.5) is 0 Å². The van der Waals surface area contributed by atoms with Gasteiger partial charge in [-0.3, -0.25) is 0 Å². The molecule has 0 aliphatic carbocycles. The molecule has 0 aromatic rings. The third kappa shape index (κ3) is 11.7. The van der Waals surface area contributed by atoms with Crippen LogP contribution in [0.2, 0.25) is 17.7 Å². The van der Waals surface area contributed by atoms with Gasteiger partial charge in [-0.2, -0.15) is 0 Å². The third-order valence-electron chi connectivity index (χ3n) is 5.72. The van der Waals surface area contributed by atoms with Gasteiger partial charge in [0.2, 0.25) is 0 Å². The maximum absolute atomic E-state index is 6.26. The molecule has 2 atom stereocenters. The van der Waals surface area contributed by atoms with Crippen molar-refractivity contribution >= 4 is 18.4 Å². The molecule has 0 aromatic heterocycles. The van der Waals surface area contributed by atoms with Crippen LogP contribution < -0.4 is 0 Å². The summed E-state index contributed by atoms with van der Waals surface area (Å²) in [6.45, 7) is 21.0. The normalized spacial score (nSPS) is 15.2. The zero-order chi connectivity index (χ0) is 19.3. The fourth-order valence-electron chi connectivity index (χ4n) is 3.84. The average Bonchev–Trinajstić information content (AvgIpc) is 2.58. The molecule has 0 N–H and O–H groups in total. The third-order valence-corrected chi connectivity index (χ3v) is 21.8. The van der Waals surface area contributed by atoms with Gasteiger partial charge >= 0.3 is 165 Å². The van der Waals surface area contributed by atoms with Crippen LogP contribution in [0.5, 0.6) is 0 Å². The summed E-state index contributed by atoms with van der Waals surface area (Å²) in [6, 6.07) is 0. The van der Waals surface area contributed by atoms with E-state index in [0.717, 1.165) is 6.61 Å². The first-order valence-corrected chi connectivity index (χ1v) is 19.1. The molecule has 0 bridgehead atoms. The van der Waals surface area contributed by atoms with Crippen LogP contribution in [-0.2, 0) is 4.74 Å². The summed E-state index contributed by atoms with van der Waals surface area (Å²) >= 11 is -2.11. The Kier molecular flexibility index (Phi) is 13.9. The molecular weight excluding hydrogens is 411 g/mol. The summed E-state index contributed by atoms with van der Waals surface area (Å²) in [4.78, 5) is 0. The summed E-state index contributed by atoms with van der Waals surface area (Å²) in [6.07, 6.45) is 10.6. The second-order valence-electron chi connectivity index (χ2n) is 9.29. The number of rotatable bonds is 15. The van der Waals surface area contributed by atoms with Gasteiger partial charge in [-0.05, 0) is 0 Å². The van der Waals surface area contributed by atoms with Crippen molar-refractivity contribution in [2.75, 3.05) is 6.61 Å². The Balaban J connectivity index is 5.31. The van der Waals surface area contributed by atoms with Crippen molar-refractivity contribution in [2.24, 2.45) is 11.8 Å². The van der Waals surface area contributed by atoms with Crippen molar-refractivity contribution in [3.63, 3.8) is 0 Å². The van der Waals surface area contributed by atoms with E-state index in [1.807, 2.05) is 0 Å². The van der Waals surface area contributed by atoms with Gasteiger partial charge in [-0.1, -0.05) is 0 Å². The molecule has 0 aliphatic heterocycles. The molecule has 0 aliphatic rings. The van der Waals surface area contributed by atoms with Crippen LogP contribution in [0, 0.1) is 11.8 Å². The van der Waals surface area contributed by atoms with Gasteiger partial charge in [0.15, 0.2) is 0 Å². The molecule has 2 heteroatoms. The first kappa shape index (κ1) is 25.5. The van der Waals surface area contributed by atoms with Crippen molar-refractivity contribution in [3.05, 3.63) is 12.7 Å². The Labute approximate surface area is 164 Å². The van der Waals surface area contributed by atoms with E-state index in [0.29, 0.717) is 11.8 Å². The number of hydrogen-bond donors (Lipinski definition) is 0. The van der Waals surface area contributed by atoms with Gasteiger partial charge in [0.1, 0.15) is 0 Å². The summed E-state index contributed by atoms with van der Waals surface area (Å²) in [5.41, 5.74) is -0.0342. The molecule has 0 rings (SSSR count). The molecule has 0 fully saturated rings. The number of hydrogen-bond acceptors (Lipinski definition) is 1. The molecular formula is C23H48OSn. The molecule has 0 heterocycles. The monoisotopic (exact) mass is 460 g/mol. The van der Waals surface area contributed by atoms with E-state index in [4.69, 9.17) is 4.74 Å². The Bertz CT molecular complexity index is 310. The predicted octanol–water partition coefficient (Wildman–Crippen LogP) is 8.09. The molecule has 0 amide bonds. The Hall–Kier alpha value is 0.499. The molecule has 0 spiro atoms. The summed E-state index contributed by atoms with van der Waals surface area (Å²) < 4.78 is 12.6. The van der Waals surface area contributed by atoms with Crippen molar-refractivity contribution in [1.29, 1.82) is 0 Å². The Morgan fingerprint density at radius 2 is 1.36 bits per heavy atom. The Morgan fingerprint density at radius 1 is 0.920 bits per heavy atom. The zero-order valence-electron chi connectivity index (χ0n) is 18.6. The van der Waals surface area contributed by atoms with Crippen molar-refractivity contribution in [2.45, 2.75) is 110 Å². The number of unbranched alkanes of at least 4 members (excludes halogenated alkanes) is 3. The maximum atomic E-state index is 6.26. The molecule has 0 aromatic carbocycles. The summed E-state index contributed by atoms with van der Waals surface area (Å²) in [5.74, 6) is 1.25. The fourth-order valence-corrected chi connectivity index (χ4v) is 21.7. The fraction of sp³-hybridized carbons (Fsp3) is 0.913. The van der Waals surface area contributed by atoms with Gasteiger partial charge in [-0.15, -0.1) is 0 Å². The van der Waals surface area contributed by atoms with E-state index in [-0.39, 0.29) is 5.60 Å². The Morgan fingerprint density at radius 3 is 1.68 bits per heavy atom. The SMILES string of the molecule is C=C[C@@H](C)[C@H](COC(C)(C)C)[CH2][Sn]([CH2]CCC)([CH2]CCC)[CH2]CCC. The van der Waals surface area contributed by atoms with Crippen LogP contribution in [0.3, 0.4) is 0 Å². The second kappa shape index (κ2) is 13.6. The number of allylic oxidation sites excluding steroid dienone is 1. The molecule has 0 saturated carbocycles. The van der Waals surface area contributed by atoms with Gasteiger partial charge in [0.25, 0.3) is 0 Å². The van der Waals surface area contributed by atoms with Crippen LogP contribution >= 0.6 is 0 Å². The summed E-state index contributed by atoms with van der Waals surface area (Å²) in [5, 5.41) is 0. The first-order chi connectivity index (χ1) is 11.7. The first-order valence-electron chi connectivity index (χ1n) is 11.0.